The number of rotatable bonds is 3. The van der Waals surface area contributed by atoms with Gasteiger partial charge in [0.15, 0.2) is 0 Å². The molecule has 0 aliphatic carbocycles. The number of carboxylic acid groups (broad SMARTS) is 1. The van der Waals surface area contributed by atoms with Crippen LogP contribution in [0, 0.1) is 6.92 Å². The van der Waals surface area contributed by atoms with Crippen LogP contribution in [0.5, 0.6) is 0 Å². The van der Waals surface area contributed by atoms with Gasteiger partial charge in [-0.2, -0.15) is 0 Å². The number of nitrogens with zero attached hydrogens (tertiary/aromatic N) is 1. The molecule has 0 aliphatic rings. The molecule has 116 valence electrons. The minimum atomic E-state index is -1.04. The number of thiophene rings is 1. The number of halogens is 1. The topological polar surface area (TPSA) is 83.0 Å². The van der Waals surface area contributed by atoms with Crippen LogP contribution >= 0.6 is 27.3 Å². The molecule has 2 N–H and O–H groups in total. The van der Waals surface area contributed by atoms with Gasteiger partial charge in [0.2, 0.25) is 0 Å². The second-order valence-electron chi connectivity index (χ2n) is 4.88. The first kappa shape index (κ1) is 15.6. The van der Waals surface area contributed by atoms with Crippen molar-refractivity contribution in [2.24, 2.45) is 0 Å². The van der Waals surface area contributed by atoms with E-state index in [1.807, 2.05) is 30.3 Å². The lowest BCUT2D eigenvalue weighted by Gasteiger charge is -1.96. The van der Waals surface area contributed by atoms with Crippen LogP contribution in [0.4, 0.5) is 0 Å². The van der Waals surface area contributed by atoms with Gasteiger partial charge in [-0.1, -0.05) is 34.1 Å². The number of carboxylic acids is 1. The quantitative estimate of drug-likeness (QED) is 0.709. The number of aryl methyl sites for hydroxylation is 1. The van der Waals surface area contributed by atoms with Crippen molar-refractivity contribution in [1.29, 1.82) is 0 Å². The maximum atomic E-state index is 12.2. The first-order valence-corrected chi connectivity index (χ1v) is 8.27. The molecule has 1 aromatic carbocycles. The first-order valence-electron chi connectivity index (χ1n) is 6.66. The molecule has 3 aromatic rings. The summed E-state index contributed by atoms with van der Waals surface area (Å²) >= 11 is 4.38. The highest BCUT2D eigenvalue weighted by Crippen LogP contribution is 2.27. The van der Waals surface area contributed by atoms with Gasteiger partial charge in [-0.3, -0.25) is 4.79 Å². The maximum Gasteiger partial charge on any atom is 0.346 e. The number of hydrogen-bond acceptors (Lipinski definition) is 4. The van der Waals surface area contributed by atoms with Crippen LogP contribution in [-0.2, 0) is 0 Å². The molecule has 0 spiro atoms. The Labute approximate surface area is 143 Å². The molecule has 0 saturated carbocycles. The van der Waals surface area contributed by atoms with Crippen molar-refractivity contribution in [2.45, 2.75) is 6.92 Å². The summed E-state index contributed by atoms with van der Waals surface area (Å²) in [5.41, 5.74) is 1.09. The van der Waals surface area contributed by atoms with Crippen molar-refractivity contribution in [1.82, 2.24) is 9.97 Å². The minimum Gasteiger partial charge on any atom is -0.477 e. The van der Waals surface area contributed by atoms with Gasteiger partial charge in [-0.15, -0.1) is 11.3 Å². The van der Waals surface area contributed by atoms with Gasteiger partial charge in [0.05, 0.1) is 5.39 Å². The van der Waals surface area contributed by atoms with Crippen LogP contribution in [0.3, 0.4) is 0 Å². The Balaban J connectivity index is 2.04. The Morgan fingerprint density at radius 1 is 1.30 bits per heavy atom. The van der Waals surface area contributed by atoms with E-state index in [0.29, 0.717) is 21.6 Å². The van der Waals surface area contributed by atoms with E-state index in [2.05, 4.69) is 25.9 Å². The SMILES string of the molecule is Cc1c(C(=O)O)sc2nc(/C=C/c3ccc(Br)cc3)[nH]c(=O)c12. The van der Waals surface area contributed by atoms with Crippen molar-refractivity contribution >= 4 is 55.6 Å². The van der Waals surface area contributed by atoms with E-state index >= 15 is 0 Å². The summed E-state index contributed by atoms with van der Waals surface area (Å²) in [6.07, 6.45) is 3.52. The third-order valence-corrected chi connectivity index (χ3v) is 5.02. The molecule has 0 radical (unpaired) electrons. The zero-order chi connectivity index (χ0) is 16.6. The van der Waals surface area contributed by atoms with E-state index in [4.69, 9.17) is 5.11 Å². The van der Waals surface area contributed by atoms with Crippen LogP contribution in [0.2, 0.25) is 0 Å². The Hall–Kier alpha value is -2.25. The fourth-order valence-corrected chi connectivity index (χ4v) is 3.48. The van der Waals surface area contributed by atoms with Gasteiger partial charge in [0.1, 0.15) is 15.5 Å². The van der Waals surface area contributed by atoms with E-state index < -0.39 is 5.97 Å². The number of aromatic carboxylic acids is 1. The Bertz CT molecular complexity index is 987. The molecule has 2 heterocycles. The van der Waals surface area contributed by atoms with Crippen molar-refractivity contribution < 1.29 is 9.90 Å². The molecule has 0 aliphatic heterocycles. The number of fused-ring (bicyclic) bond motifs is 1. The molecule has 5 nitrogen and oxygen atoms in total. The van der Waals surface area contributed by atoms with Crippen LogP contribution in [0.15, 0.2) is 33.5 Å². The summed E-state index contributed by atoms with van der Waals surface area (Å²) in [6.45, 7) is 1.62. The lowest BCUT2D eigenvalue weighted by Crippen LogP contribution is -2.09. The molecule has 2 aromatic heterocycles. The summed E-state index contributed by atoms with van der Waals surface area (Å²) in [7, 11) is 0. The third kappa shape index (κ3) is 3.11. The fourth-order valence-electron chi connectivity index (χ4n) is 2.19. The number of nitrogens with one attached hydrogen (secondary N) is 1. The largest absolute Gasteiger partial charge is 0.477 e. The Kier molecular flexibility index (Phi) is 4.14. The highest BCUT2D eigenvalue weighted by molar-refractivity contribution is 9.10. The van der Waals surface area contributed by atoms with Crippen LogP contribution < -0.4 is 5.56 Å². The predicted molar refractivity (Wildman–Crippen MR) is 95.0 cm³/mol. The lowest BCUT2D eigenvalue weighted by atomic mass is 10.2. The summed E-state index contributed by atoms with van der Waals surface area (Å²) in [5.74, 6) is -0.652. The van der Waals surface area contributed by atoms with Gasteiger partial charge in [0, 0.05) is 4.47 Å². The van der Waals surface area contributed by atoms with Gasteiger partial charge in [-0.25, -0.2) is 9.78 Å². The minimum absolute atomic E-state index is 0.145. The fraction of sp³-hybridized carbons (Fsp3) is 0.0625. The highest BCUT2D eigenvalue weighted by Gasteiger charge is 2.18. The highest BCUT2D eigenvalue weighted by atomic mass is 79.9. The van der Waals surface area contributed by atoms with Crippen molar-refractivity contribution in [3.8, 4) is 0 Å². The molecule has 0 bridgehead atoms. The van der Waals surface area contributed by atoms with E-state index in [9.17, 15) is 9.59 Å². The van der Waals surface area contributed by atoms with Gasteiger partial charge >= 0.3 is 5.97 Å². The number of H-pyrrole nitrogens is 1. The normalized spacial score (nSPS) is 11.4. The summed E-state index contributed by atoms with van der Waals surface area (Å²) in [5, 5.41) is 9.49. The van der Waals surface area contributed by atoms with Gasteiger partial charge < -0.3 is 10.1 Å². The van der Waals surface area contributed by atoms with Gasteiger partial charge in [0.25, 0.3) is 5.56 Å². The molecule has 3 rings (SSSR count). The molecule has 0 atom stereocenters. The van der Waals surface area contributed by atoms with Crippen LogP contribution in [0.1, 0.15) is 26.6 Å². The average Bonchev–Trinajstić information content (AvgIpc) is 2.84. The monoisotopic (exact) mass is 390 g/mol. The number of aromatic nitrogens is 2. The molecule has 0 amide bonds. The van der Waals surface area contributed by atoms with Crippen molar-refractivity contribution in [2.75, 3.05) is 0 Å². The van der Waals surface area contributed by atoms with Crippen molar-refractivity contribution in [3.63, 3.8) is 0 Å². The molecular weight excluding hydrogens is 380 g/mol. The molecule has 23 heavy (non-hydrogen) atoms. The maximum absolute atomic E-state index is 12.2. The zero-order valence-corrected chi connectivity index (χ0v) is 14.4. The van der Waals surface area contributed by atoms with E-state index in [0.717, 1.165) is 21.4 Å². The summed E-state index contributed by atoms with van der Waals surface area (Å²) in [4.78, 5) is 31.0. The lowest BCUT2D eigenvalue weighted by molar-refractivity contribution is 0.0701. The average molecular weight is 391 g/mol. The summed E-state index contributed by atoms with van der Waals surface area (Å²) in [6, 6.07) is 7.69. The number of benzene rings is 1. The smallest absolute Gasteiger partial charge is 0.346 e. The van der Waals surface area contributed by atoms with Crippen LogP contribution in [0.25, 0.3) is 22.4 Å². The molecule has 7 heteroatoms. The first-order chi connectivity index (χ1) is 11.0. The van der Waals surface area contributed by atoms with E-state index in [1.54, 1.807) is 13.0 Å². The van der Waals surface area contributed by atoms with Crippen LogP contribution in [-0.4, -0.2) is 21.0 Å². The third-order valence-electron chi connectivity index (χ3n) is 3.32. The van der Waals surface area contributed by atoms with E-state index in [-0.39, 0.29) is 10.4 Å². The predicted octanol–water partition coefficient (Wildman–Crippen LogP) is 3.92. The molecule has 0 unspecified atom stereocenters. The second-order valence-corrected chi connectivity index (χ2v) is 6.79. The molecule has 0 fully saturated rings. The Morgan fingerprint density at radius 3 is 2.65 bits per heavy atom. The van der Waals surface area contributed by atoms with Crippen molar-refractivity contribution in [3.05, 3.63) is 60.9 Å². The number of hydrogen-bond donors (Lipinski definition) is 2. The van der Waals surface area contributed by atoms with Gasteiger partial charge in [-0.05, 0) is 36.3 Å². The Morgan fingerprint density at radius 2 is 2.00 bits per heavy atom. The summed E-state index contributed by atoms with van der Waals surface area (Å²) < 4.78 is 0.984. The second kappa shape index (κ2) is 6.10. The molecule has 0 saturated heterocycles. The zero-order valence-electron chi connectivity index (χ0n) is 12.0. The number of aromatic amines is 1. The standard InChI is InChI=1S/C16H11BrN2O3S/c1-8-12-14(20)18-11(19-15(12)23-13(8)16(21)22)7-4-9-2-5-10(17)6-3-9/h2-7H,1H3,(H,21,22)(H,18,19,20)/b7-4+. The number of carbonyl (C=O) groups is 1. The molecular formula is C16H11BrN2O3S. The van der Waals surface area contributed by atoms with E-state index in [1.165, 1.54) is 0 Å².